The number of carbonyl (C=O) groups is 1. The molecular weight excluding hydrogens is 423 g/mol. The number of amides is 1. The number of hydrogen-bond acceptors (Lipinski definition) is 4. The molecule has 29 heavy (non-hydrogen) atoms. The van der Waals surface area contributed by atoms with Gasteiger partial charge in [-0.15, -0.1) is 0 Å². The summed E-state index contributed by atoms with van der Waals surface area (Å²) in [5.74, 6) is -0.272. The van der Waals surface area contributed by atoms with E-state index in [1.54, 1.807) is 0 Å². The number of hydrogen-bond donors (Lipinski definition) is 1. The van der Waals surface area contributed by atoms with Crippen molar-refractivity contribution in [2.75, 3.05) is 5.32 Å². The van der Waals surface area contributed by atoms with Crippen LogP contribution in [0.3, 0.4) is 0 Å². The van der Waals surface area contributed by atoms with Gasteiger partial charge in [-0.05, 0) is 24.6 Å². The number of alkyl halides is 3. The predicted molar refractivity (Wildman–Crippen MR) is 107 cm³/mol. The Balaban J connectivity index is 1.77. The number of nitrogens with zero attached hydrogens (tertiary/aromatic N) is 2. The number of benzene rings is 2. The van der Waals surface area contributed by atoms with Gasteiger partial charge in [0.05, 0.1) is 22.5 Å². The van der Waals surface area contributed by atoms with Gasteiger partial charge < -0.3 is 5.32 Å². The molecule has 1 heterocycles. The van der Waals surface area contributed by atoms with Gasteiger partial charge in [0, 0.05) is 5.75 Å². The Morgan fingerprint density at radius 2 is 1.83 bits per heavy atom. The van der Waals surface area contributed by atoms with Crippen molar-refractivity contribution in [2.45, 2.75) is 24.0 Å². The Morgan fingerprint density at radius 1 is 1.14 bits per heavy atom. The lowest BCUT2D eigenvalue weighted by atomic mass is 10.1. The molecule has 0 aliphatic carbocycles. The molecule has 0 unspecified atom stereocenters. The van der Waals surface area contributed by atoms with Crippen molar-refractivity contribution in [1.82, 2.24) is 9.97 Å². The lowest BCUT2D eigenvalue weighted by Gasteiger charge is -2.13. The molecule has 0 aliphatic rings. The van der Waals surface area contributed by atoms with Crippen LogP contribution in [-0.2, 0) is 11.9 Å². The first-order valence-electron chi connectivity index (χ1n) is 8.42. The molecule has 1 amide bonds. The van der Waals surface area contributed by atoms with Crippen LogP contribution >= 0.6 is 23.4 Å². The number of carbonyl (C=O) groups excluding carboxylic acids is 1. The van der Waals surface area contributed by atoms with Crippen molar-refractivity contribution in [3.63, 3.8) is 0 Å². The molecule has 0 bridgehead atoms. The second kappa shape index (κ2) is 8.84. The number of anilines is 1. The highest BCUT2D eigenvalue weighted by molar-refractivity contribution is 7.98. The van der Waals surface area contributed by atoms with Gasteiger partial charge in [0.15, 0.2) is 10.9 Å². The molecule has 0 radical (unpaired) electrons. The molecule has 2 aromatic carbocycles. The third kappa shape index (κ3) is 5.48. The Bertz CT molecular complexity index is 1030. The summed E-state index contributed by atoms with van der Waals surface area (Å²) in [5.41, 5.74) is 0.676. The monoisotopic (exact) mass is 437 g/mol. The Morgan fingerprint density at radius 3 is 2.52 bits per heavy atom. The third-order valence-corrected chi connectivity index (χ3v) is 5.12. The fraction of sp³-hybridized carbons (Fsp3) is 0.150. The molecule has 1 N–H and O–H groups in total. The van der Waals surface area contributed by atoms with E-state index in [1.165, 1.54) is 36.2 Å². The number of aryl methyl sites for hydroxylation is 1. The van der Waals surface area contributed by atoms with Crippen LogP contribution in [0.1, 0.15) is 27.2 Å². The first kappa shape index (κ1) is 21.1. The summed E-state index contributed by atoms with van der Waals surface area (Å²) < 4.78 is 39.4. The summed E-state index contributed by atoms with van der Waals surface area (Å²) in [6.45, 7) is 1.99. The van der Waals surface area contributed by atoms with Crippen LogP contribution in [0.25, 0.3) is 0 Å². The molecule has 3 rings (SSSR count). The highest BCUT2D eigenvalue weighted by Gasteiger charge is 2.33. The van der Waals surface area contributed by atoms with E-state index in [-0.39, 0.29) is 16.4 Å². The summed E-state index contributed by atoms with van der Waals surface area (Å²) in [5, 5.41) is 2.48. The standard InChI is InChI=1S/C20H15ClF3N3OS/c1-12-6-8-13(9-7-12)11-29-19-25-10-15(21)17(27-19)18(28)26-16-5-3-2-4-14(16)20(22,23)24/h2-10H,11H2,1H3,(H,26,28). The number of thioether (sulfide) groups is 1. The fourth-order valence-corrected chi connectivity index (χ4v) is 3.38. The maximum atomic E-state index is 13.1. The summed E-state index contributed by atoms with van der Waals surface area (Å²) in [7, 11) is 0. The zero-order valence-electron chi connectivity index (χ0n) is 15.1. The van der Waals surface area contributed by atoms with E-state index in [0.29, 0.717) is 10.9 Å². The van der Waals surface area contributed by atoms with E-state index in [4.69, 9.17) is 11.6 Å². The second-order valence-electron chi connectivity index (χ2n) is 6.12. The number of rotatable bonds is 5. The van der Waals surface area contributed by atoms with Crippen molar-refractivity contribution in [2.24, 2.45) is 0 Å². The van der Waals surface area contributed by atoms with Crippen molar-refractivity contribution >= 4 is 35.0 Å². The van der Waals surface area contributed by atoms with Gasteiger partial charge in [-0.1, -0.05) is 65.3 Å². The molecule has 1 aromatic heterocycles. The predicted octanol–water partition coefficient (Wildman–Crippen LogP) is 6.00. The van der Waals surface area contributed by atoms with Crippen LogP contribution in [0.4, 0.5) is 18.9 Å². The van der Waals surface area contributed by atoms with E-state index in [1.807, 2.05) is 31.2 Å². The molecule has 3 aromatic rings. The molecule has 150 valence electrons. The summed E-state index contributed by atoms with van der Waals surface area (Å²) >= 11 is 7.30. The zero-order chi connectivity index (χ0) is 21.0. The molecule has 0 fully saturated rings. The fourth-order valence-electron chi connectivity index (χ4n) is 2.43. The largest absolute Gasteiger partial charge is 0.418 e. The number of halogens is 4. The quantitative estimate of drug-likeness (QED) is 0.393. The molecule has 0 atom stereocenters. The van der Waals surface area contributed by atoms with E-state index in [2.05, 4.69) is 15.3 Å². The smallest absolute Gasteiger partial charge is 0.320 e. The van der Waals surface area contributed by atoms with Gasteiger partial charge in [-0.25, -0.2) is 9.97 Å². The van der Waals surface area contributed by atoms with E-state index < -0.39 is 17.6 Å². The van der Waals surface area contributed by atoms with Crippen LogP contribution < -0.4 is 5.32 Å². The molecule has 0 saturated heterocycles. The highest BCUT2D eigenvalue weighted by atomic mass is 35.5. The molecule has 0 saturated carbocycles. The molecule has 4 nitrogen and oxygen atoms in total. The van der Waals surface area contributed by atoms with Gasteiger partial charge in [0.1, 0.15) is 0 Å². The van der Waals surface area contributed by atoms with Crippen LogP contribution in [-0.4, -0.2) is 15.9 Å². The van der Waals surface area contributed by atoms with Crippen LogP contribution in [0.5, 0.6) is 0 Å². The average molecular weight is 438 g/mol. The maximum Gasteiger partial charge on any atom is 0.418 e. The molecule has 0 spiro atoms. The minimum atomic E-state index is -4.60. The van der Waals surface area contributed by atoms with Crippen molar-refractivity contribution < 1.29 is 18.0 Å². The van der Waals surface area contributed by atoms with Crippen molar-refractivity contribution in [3.05, 3.63) is 82.1 Å². The maximum absolute atomic E-state index is 13.1. The Hall–Kier alpha value is -2.58. The third-order valence-electron chi connectivity index (χ3n) is 3.91. The van der Waals surface area contributed by atoms with Gasteiger partial charge in [0.25, 0.3) is 5.91 Å². The summed E-state index contributed by atoms with van der Waals surface area (Å²) in [4.78, 5) is 20.7. The Kier molecular flexibility index (Phi) is 6.44. The SMILES string of the molecule is Cc1ccc(CSc2ncc(Cl)c(C(=O)Nc3ccccc3C(F)(F)F)n2)cc1. The first-order valence-corrected chi connectivity index (χ1v) is 9.79. The number of nitrogens with one attached hydrogen (secondary N) is 1. The lowest BCUT2D eigenvalue weighted by molar-refractivity contribution is -0.136. The van der Waals surface area contributed by atoms with Crippen molar-refractivity contribution in [3.8, 4) is 0 Å². The second-order valence-corrected chi connectivity index (χ2v) is 7.47. The topological polar surface area (TPSA) is 54.9 Å². The minimum absolute atomic E-state index is 0.0494. The van der Waals surface area contributed by atoms with Gasteiger partial charge >= 0.3 is 6.18 Å². The van der Waals surface area contributed by atoms with E-state index in [9.17, 15) is 18.0 Å². The lowest BCUT2D eigenvalue weighted by Crippen LogP contribution is -2.18. The summed E-state index contributed by atoms with van der Waals surface area (Å²) in [6, 6.07) is 12.6. The van der Waals surface area contributed by atoms with Crippen molar-refractivity contribution in [1.29, 1.82) is 0 Å². The number of para-hydroxylation sites is 1. The van der Waals surface area contributed by atoms with E-state index in [0.717, 1.165) is 17.2 Å². The minimum Gasteiger partial charge on any atom is -0.320 e. The highest BCUT2D eigenvalue weighted by Crippen LogP contribution is 2.35. The Labute approximate surface area is 174 Å². The molecular formula is C20H15ClF3N3OS. The van der Waals surface area contributed by atoms with Crippen LogP contribution in [0.15, 0.2) is 59.9 Å². The molecule has 9 heteroatoms. The zero-order valence-corrected chi connectivity index (χ0v) is 16.7. The van der Waals surface area contributed by atoms with E-state index >= 15 is 0 Å². The molecule has 0 aliphatic heterocycles. The van der Waals surface area contributed by atoms with Crippen LogP contribution in [0.2, 0.25) is 5.02 Å². The summed E-state index contributed by atoms with van der Waals surface area (Å²) in [6.07, 6.45) is -3.34. The normalized spacial score (nSPS) is 11.3. The first-order chi connectivity index (χ1) is 13.7. The van der Waals surface area contributed by atoms with Gasteiger partial charge in [-0.3, -0.25) is 4.79 Å². The average Bonchev–Trinajstić information content (AvgIpc) is 2.68. The van der Waals surface area contributed by atoms with Gasteiger partial charge in [0.2, 0.25) is 0 Å². The van der Waals surface area contributed by atoms with Gasteiger partial charge in [-0.2, -0.15) is 13.2 Å². The van der Waals surface area contributed by atoms with Crippen LogP contribution in [0, 0.1) is 6.92 Å². The number of aromatic nitrogens is 2.